The second kappa shape index (κ2) is 7.53. The SMILES string of the molecule is Cc1cc(-c2cccc(C(=O)Nc3cn(C4COC4)nc3-c3ccccn3)n2)n[nH]1. The molecule has 0 saturated carbocycles. The van der Waals surface area contributed by atoms with E-state index in [-0.39, 0.29) is 11.9 Å². The Labute approximate surface area is 172 Å². The molecule has 1 aliphatic rings. The van der Waals surface area contributed by atoms with Crippen molar-refractivity contribution in [1.82, 2.24) is 29.9 Å². The second-order valence-electron chi connectivity index (χ2n) is 7.08. The summed E-state index contributed by atoms with van der Waals surface area (Å²) < 4.78 is 7.09. The number of anilines is 1. The lowest BCUT2D eigenvalue weighted by Crippen LogP contribution is -2.30. The van der Waals surface area contributed by atoms with Gasteiger partial charge in [-0.15, -0.1) is 0 Å². The van der Waals surface area contributed by atoms with Crippen molar-refractivity contribution in [2.24, 2.45) is 0 Å². The van der Waals surface area contributed by atoms with Crippen LogP contribution in [-0.4, -0.2) is 49.1 Å². The number of nitrogens with zero attached hydrogens (tertiary/aromatic N) is 5. The van der Waals surface area contributed by atoms with Gasteiger partial charge in [-0.2, -0.15) is 10.2 Å². The van der Waals surface area contributed by atoms with Gasteiger partial charge < -0.3 is 10.1 Å². The number of carbonyl (C=O) groups excluding carboxylic acids is 1. The fraction of sp³-hybridized carbons (Fsp3) is 0.190. The van der Waals surface area contributed by atoms with Crippen molar-refractivity contribution in [3.05, 3.63) is 66.2 Å². The Hall–Kier alpha value is -3.85. The number of carbonyl (C=O) groups is 1. The van der Waals surface area contributed by atoms with Gasteiger partial charge in [0.25, 0.3) is 5.91 Å². The lowest BCUT2D eigenvalue weighted by atomic mass is 10.2. The van der Waals surface area contributed by atoms with Crippen molar-refractivity contribution in [2.45, 2.75) is 13.0 Å². The van der Waals surface area contributed by atoms with Crippen LogP contribution in [0.2, 0.25) is 0 Å². The molecule has 0 unspecified atom stereocenters. The van der Waals surface area contributed by atoms with Crippen LogP contribution in [0.15, 0.2) is 54.9 Å². The molecule has 1 amide bonds. The van der Waals surface area contributed by atoms with Crippen LogP contribution in [0.1, 0.15) is 22.2 Å². The zero-order valence-electron chi connectivity index (χ0n) is 16.2. The molecule has 9 nitrogen and oxygen atoms in total. The molecule has 0 radical (unpaired) electrons. The Morgan fingerprint density at radius 1 is 1.17 bits per heavy atom. The van der Waals surface area contributed by atoms with Gasteiger partial charge in [-0.3, -0.25) is 19.6 Å². The molecule has 5 heterocycles. The van der Waals surface area contributed by atoms with E-state index in [0.29, 0.717) is 47.4 Å². The molecule has 0 aromatic carbocycles. The summed E-state index contributed by atoms with van der Waals surface area (Å²) >= 11 is 0. The number of amides is 1. The summed E-state index contributed by atoms with van der Waals surface area (Å²) in [5, 5.41) is 14.7. The van der Waals surface area contributed by atoms with Gasteiger partial charge in [-0.1, -0.05) is 12.1 Å². The molecule has 4 aromatic heterocycles. The number of rotatable bonds is 5. The number of aromatic nitrogens is 6. The third kappa shape index (κ3) is 3.46. The smallest absolute Gasteiger partial charge is 0.274 e. The lowest BCUT2D eigenvalue weighted by molar-refractivity contribution is -0.0285. The first-order valence-electron chi connectivity index (χ1n) is 9.56. The van der Waals surface area contributed by atoms with Crippen molar-refractivity contribution >= 4 is 11.6 Å². The van der Waals surface area contributed by atoms with E-state index in [9.17, 15) is 4.79 Å². The zero-order chi connectivity index (χ0) is 20.5. The first-order chi connectivity index (χ1) is 14.7. The Bertz CT molecular complexity index is 1200. The van der Waals surface area contributed by atoms with E-state index in [1.165, 1.54) is 0 Å². The van der Waals surface area contributed by atoms with Gasteiger partial charge in [0.2, 0.25) is 0 Å². The van der Waals surface area contributed by atoms with Gasteiger partial charge in [0.1, 0.15) is 17.1 Å². The molecule has 1 fully saturated rings. The Morgan fingerprint density at radius 2 is 2.03 bits per heavy atom. The summed E-state index contributed by atoms with van der Waals surface area (Å²) in [5.74, 6) is -0.328. The Kier molecular flexibility index (Phi) is 4.56. The van der Waals surface area contributed by atoms with E-state index >= 15 is 0 Å². The molecular weight excluding hydrogens is 382 g/mol. The standard InChI is InChI=1S/C21H19N7O2/c1-13-9-18(26-25-13)15-6-4-7-17(23-15)21(29)24-19-10-28(14-11-30-12-14)27-20(19)16-5-2-3-8-22-16/h2-10,14H,11-12H2,1H3,(H,24,29)(H,25,26). The quantitative estimate of drug-likeness (QED) is 0.532. The maximum absolute atomic E-state index is 13.0. The summed E-state index contributed by atoms with van der Waals surface area (Å²) in [5.41, 5.74) is 4.39. The monoisotopic (exact) mass is 401 g/mol. The first kappa shape index (κ1) is 18.2. The highest BCUT2D eigenvalue weighted by Gasteiger charge is 2.25. The average molecular weight is 401 g/mol. The minimum absolute atomic E-state index is 0.155. The number of pyridine rings is 2. The number of hydrogen-bond acceptors (Lipinski definition) is 6. The molecule has 2 N–H and O–H groups in total. The minimum atomic E-state index is -0.328. The Morgan fingerprint density at radius 3 is 2.73 bits per heavy atom. The number of H-pyrrole nitrogens is 1. The maximum atomic E-state index is 13.0. The molecule has 0 spiro atoms. The van der Waals surface area contributed by atoms with Gasteiger partial charge in [-0.05, 0) is 37.3 Å². The number of ether oxygens (including phenoxy) is 1. The predicted molar refractivity (Wildman–Crippen MR) is 110 cm³/mol. The molecule has 0 atom stereocenters. The van der Waals surface area contributed by atoms with Crippen molar-refractivity contribution in [1.29, 1.82) is 0 Å². The van der Waals surface area contributed by atoms with E-state index < -0.39 is 0 Å². The van der Waals surface area contributed by atoms with Gasteiger partial charge >= 0.3 is 0 Å². The molecule has 1 aliphatic heterocycles. The van der Waals surface area contributed by atoms with Crippen LogP contribution < -0.4 is 5.32 Å². The molecular formula is C21H19N7O2. The second-order valence-corrected chi connectivity index (χ2v) is 7.08. The van der Waals surface area contributed by atoms with Crippen molar-refractivity contribution in [2.75, 3.05) is 18.5 Å². The van der Waals surface area contributed by atoms with E-state index in [1.807, 2.05) is 48.1 Å². The third-order valence-corrected chi connectivity index (χ3v) is 4.83. The van der Waals surface area contributed by atoms with Crippen LogP contribution >= 0.6 is 0 Å². The highest BCUT2D eigenvalue weighted by atomic mass is 16.5. The molecule has 0 bridgehead atoms. The topological polar surface area (TPSA) is 111 Å². The van der Waals surface area contributed by atoms with Gasteiger partial charge in [-0.25, -0.2) is 4.98 Å². The van der Waals surface area contributed by atoms with Crippen LogP contribution in [0.25, 0.3) is 22.8 Å². The number of aromatic amines is 1. The normalized spacial score (nSPS) is 13.8. The highest BCUT2D eigenvalue weighted by molar-refractivity contribution is 6.04. The van der Waals surface area contributed by atoms with Crippen molar-refractivity contribution in [3.63, 3.8) is 0 Å². The minimum Gasteiger partial charge on any atom is -0.377 e. The van der Waals surface area contributed by atoms with Crippen LogP contribution in [0.5, 0.6) is 0 Å². The largest absolute Gasteiger partial charge is 0.377 e. The van der Waals surface area contributed by atoms with Crippen LogP contribution in [-0.2, 0) is 4.74 Å². The van der Waals surface area contributed by atoms with Gasteiger partial charge in [0, 0.05) is 18.1 Å². The van der Waals surface area contributed by atoms with Gasteiger partial charge in [0.15, 0.2) is 0 Å². The predicted octanol–water partition coefficient (Wildman–Crippen LogP) is 2.86. The molecule has 1 saturated heterocycles. The number of nitrogens with one attached hydrogen (secondary N) is 2. The van der Waals surface area contributed by atoms with Crippen LogP contribution in [0.4, 0.5) is 5.69 Å². The fourth-order valence-electron chi connectivity index (χ4n) is 3.18. The number of aryl methyl sites for hydroxylation is 1. The maximum Gasteiger partial charge on any atom is 0.274 e. The molecule has 4 aromatic rings. The first-order valence-corrected chi connectivity index (χ1v) is 9.56. The van der Waals surface area contributed by atoms with E-state index in [1.54, 1.807) is 18.3 Å². The summed E-state index contributed by atoms with van der Waals surface area (Å²) in [6.45, 7) is 3.11. The number of hydrogen-bond donors (Lipinski definition) is 2. The molecule has 0 aliphatic carbocycles. The highest BCUT2D eigenvalue weighted by Crippen LogP contribution is 2.28. The van der Waals surface area contributed by atoms with Crippen LogP contribution in [0.3, 0.4) is 0 Å². The zero-order valence-corrected chi connectivity index (χ0v) is 16.2. The van der Waals surface area contributed by atoms with Crippen molar-refractivity contribution in [3.8, 4) is 22.8 Å². The third-order valence-electron chi connectivity index (χ3n) is 4.83. The average Bonchev–Trinajstić information content (AvgIpc) is 3.34. The summed E-state index contributed by atoms with van der Waals surface area (Å²) in [6, 6.07) is 12.9. The fourth-order valence-corrected chi connectivity index (χ4v) is 3.18. The summed E-state index contributed by atoms with van der Waals surface area (Å²) in [4.78, 5) is 21.8. The summed E-state index contributed by atoms with van der Waals surface area (Å²) in [7, 11) is 0. The van der Waals surface area contributed by atoms with E-state index in [2.05, 4.69) is 30.6 Å². The molecule has 5 rings (SSSR count). The van der Waals surface area contributed by atoms with Crippen molar-refractivity contribution < 1.29 is 9.53 Å². The van der Waals surface area contributed by atoms with E-state index in [4.69, 9.17) is 4.74 Å². The van der Waals surface area contributed by atoms with E-state index in [0.717, 1.165) is 5.69 Å². The molecule has 150 valence electrons. The summed E-state index contributed by atoms with van der Waals surface area (Å²) in [6.07, 6.45) is 3.51. The Balaban J connectivity index is 1.45. The molecule has 9 heteroatoms. The lowest BCUT2D eigenvalue weighted by Gasteiger charge is -2.25. The molecule has 30 heavy (non-hydrogen) atoms. The van der Waals surface area contributed by atoms with Gasteiger partial charge in [0.05, 0.1) is 36.3 Å². The van der Waals surface area contributed by atoms with Crippen LogP contribution in [0, 0.1) is 6.92 Å².